The van der Waals surface area contributed by atoms with Crippen molar-refractivity contribution in [2.45, 2.75) is 4.90 Å². The Morgan fingerprint density at radius 3 is 2.62 bits per heavy atom. The summed E-state index contributed by atoms with van der Waals surface area (Å²) in [5.74, 6) is 1.36. The zero-order chi connectivity index (χ0) is 16.9. The number of allylic oxidation sites excluding steroid dienone is 1. The Kier molecular flexibility index (Phi) is 5.23. The second-order valence-corrected chi connectivity index (χ2v) is 6.27. The Labute approximate surface area is 145 Å². The van der Waals surface area contributed by atoms with Gasteiger partial charge >= 0.3 is 0 Å². The van der Waals surface area contributed by atoms with Crippen LogP contribution in [0.2, 0.25) is 0 Å². The fraction of sp³-hybridized carbons (Fsp3) is 0.211. The van der Waals surface area contributed by atoms with Crippen LogP contribution in [-0.2, 0) is 4.74 Å². The molecule has 1 aliphatic rings. The molecule has 0 unspecified atom stereocenters. The van der Waals surface area contributed by atoms with Crippen LogP contribution in [0.15, 0.2) is 52.3 Å². The summed E-state index contributed by atoms with van der Waals surface area (Å²) in [5.41, 5.74) is 1.66. The lowest BCUT2D eigenvalue weighted by atomic mass is 10.1. The van der Waals surface area contributed by atoms with Gasteiger partial charge in [0.1, 0.15) is 6.61 Å². The molecule has 4 nitrogen and oxygen atoms in total. The SMILES string of the molecule is COCCOc1ccc(/C=C2/Sc3ccccc3C2=O)cc1OC. The molecule has 5 heteroatoms. The topological polar surface area (TPSA) is 44.8 Å². The van der Waals surface area contributed by atoms with Crippen molar-refractivity contribution in [1.82, 2.24) is 0 Å². The van der Waals surface area contributed by atoms with Gasteiger partial charge in [-0.1, -0.05) is 30.0 Å². The van der Waals surface area contributed by atoms with E-state index in [0.717, 1.165) is 16.0 Å². The quantitative estimate of drug-likeness (QED) is 0.585. The van der Waals surface area contributed by atoms with Gasteiger partial charge in [-0.15, -0.1) is 0 Å². The van der Waals surface area contributed by atoms with Crippen LogP contribution in [0, 0.1) is 0 Å². The number of carbonyl (C=O) groups excluding carboxylic acids is 1. The second kappa shape index (κ2) is 7.55. The van der Waals surface area contributed by atoms with E-state index in [1.54, 1.807) is 14.2 Å². The van der Waals surface area contributed by atoms with Gasteiger partial charge in [-0.25, -0.2) is 0 Å². The molecule has 0 atom stereocenters. The molecule has 1 aliphatic heterocycles. The van der Waals surface area contributed by atoms with Crippen molar-refractivity contribution >= 4 is 23.6 Å². The van der Waals surface area contributed by atoms with Crippen molar-refractivity contribution < 1.29 is 19.0 Å². The molecule has 0 spiro atoms. The van der Waals surface area contributed by atoms with Gasteiger partial charge in [0.2, 0.25) is 5.78 Å². The minimum atomic E-state index is 0.0648. The molecule has 2 aromatic carbocycles. The van der Waals surface area contributed by atoms with Crippen molar-refractivity contribution in [3.05, 3.63) is 58.5 Å². The van der Waals surface area contributed by atoms with Crippen LogP contribution in [0.25, 0.3) is 6.08 Å². The fourth-order valence-electron chi connectivity index (χ4n) is 2.42. The molecule has 0 N–H and O–H groups in total. The first-order chi connectivity index (χ1) is 11.7. The summed E-state index contributed by atoms with van der Waals surface area (Å²) in [7, 11) is 3.23. The molecule has 2 aromatic rings. The van der Waals surface area contributed by atoms with E-state index in [0.29, 0.717) is 29.6 Å². The first kappa shape index (κ1) is 16.6. The molecule has 0 radical (unpaired) electrons. The summed E-state index contributed by atoms with van der Waals surface area (Å²) in [5, 5.41) is 0. The molecule has 0 amide bonds. The van der Waals surface area contributed by atoms with Crippen molar-refractivity contribution in [2.75, 3.05) is 27.4 Å². The summed E-state index contributed by atoms with van der Waals surface area (Å²) >= 11 is 1.50. The van der Waals surface area contributed by atoms with Gasteiger partial charge in [0.05, 0.1) is 18.6 Å². The van der Waals surface area contributed by atoms with Gasteiger partial charge in [0.15, 0.2) is 11.5 Å². The number of ketones is 1. The van der Waals surface area contributed by atoms with Crippen LogP contribution in [0.3, 0.4) is 0 Å². The number of rotatable bonds is 6. The maximum absolute atomic E-state index is 12.4. The van der Waals surface area contributed by atoms with E-state index in [9.17, 15) is 4.79 Å². The number of carbonyl (C=O) groups is 1. The molecule has 0 fully saturated rings. The van der Waals surface area contributed by atoms with Crippen LogP contribution < -0.4 is 9.47 Å². The third-order valence-electron chi connectivity index (χ3n) is 3.61. The summed E-state index contributed by atoms with van der Waals surface area (Å²) in [6.45, 7) is 0.968. The van der Waals surface area contributed by atoms with E-state index in [-0.39, 0.29) is 5.78 Å². The van der Waals surface area contributed by atoms with Crippen LogP contribution >= 0.6 is 11.8 Å². The number of hydrogen-bond acceptors (Lipinski definition) is 5. The van der Waals surface area contributed by atoms with Crippen molar-refractivity contribution in [3.8, 4) is 11.5 Å². The van der Waals surface area contributed by atoms with Gasteiger partial charge in [-0.3, -0.25) is 4.79 Å². The van der Waals surface area contributed by atoms with E-state index in [2.05, 4.69) is 0 Å². The Morgan fingerprint density at radius 1 is 1.04 bits per heavy atom. The van der Waals surface area contributed by atoms with E-state index in [4.69, 9.17) is 14.2 Å². The number of benzene rings is 2. The highest BCUT2D eigenvalue weighted by atomic mass is 32.2. The first-order valence-corrected chi connectivity index (χ1v) is 8.37. The molecule has 0 aromatic heterocycles. The van der Waals surface area contributed by atoms with Crippen LogP contribution in [0.1, 0.15) is 15.9 Å². The Hall–Kier alpha value is -2.24. The molecule has 24 heavy (non-hydrogen) atoms. The molecule has 0 saturated carbocycles. The van der Waals surface area contributed by atoms with E-state index in [1.165, 1.54) is 11.8 Å². The lowest BCUT2D eigenvalue weighted by Crippen LogP contribution is -2.05. The molecule has 0 saturated heterocycles. The Bertz CT molecular complexity index is 783. The fourth-order valence-corrected chi connectivity index (χ4v) is 3.47. The maximum Gasteiger partial charge on any atom is 0.200 e. The summed E-state index contributed by atoms with van der Waals surface area (Å²) < 4.78 is 16.0. The lowest BCUT2D eigenvalue weighted by molar-refractivity contribution is 0.104. The molecule has 124 valence electrons. The third kappa shape index (κ3) is 3.47. The summed E-state index contributed by atoms with van der Waals surface area (Å²) in [6, 6.07) is 13.3. The van der Waals surface area contributed by atoms with Crippen LogP contribution in [0.5, 0.6) is 11.5 Å². The smallest absolute Gasteiger partial charge is 0.200 e. The highest BCUT2D eigenvalue weighted by Crippen LogP contribution is 2.41. The number of thioether (sulfide) groups is 1. The third-order valence-corrected chi connectivity index (χ3v) is 4.70. The van der Waals surface area contributed by atoms with E-state index >= 15 is 0 Å². The average molecular weight is 342 g/mol. The Balaban J connectivity index is 1.82. The van der Waals surface area contributed by atoms with E-state index < -0.39 is 0 Å². The molecule has 0 aliphatic carbocycles. The minimum absolute atomic E-state index is 0.0648. The zero-order valence-electron chi connectivity index (χ0n) is 13.6. The number of hydrogen-bond donors (Lipinski definition) is 0. The maximum atomic E-state index is 12.4. The van der Waals surface area contributed by atoms with Crippen molar-refractivity contribution in [1.29, 1.82) is 0 Å². The zero-order valence-corrected chi connectivity index (χ0v) is 14.4. The normalized spacial score (nSPS) is 14.8. The highest BCUT2D eigenvalue weighted by molar-refractivity contribution is 8.04. The standard InChI is InChI=1S/C19H18O4S/c1-21-9-10-23-15-8-7-13(11-16(15)22-2)12-18-19(20)14-5-3-4-6-17(14)24-18/h3-8,11-12H,9-10H2,1-2H3/b18-12+. The lowest BCUT2D eigenvalue weighted by Gasteiger charge is -2.11. The Morgan fingerprint density at radius 2 is 1.88 bits per heavy atom. The molecular weight excluding hydrogens is 324 g/mol. The predicted octanol–water partition coefficient (Wildman–Crippen LogP) is 4.05. The molecular formula is C19H18O4S. The largest absolute Gasteiger partial charge is 0.493 e. The summed E-state index contributed by atoms with van der Waals surface area (Å²) in [6.07, 6.45) is 1.88. The molecule has 0 bridgehead atoms. The van der Waals surface area contributed by atoms with Crippen molar-refractivity contribution in [3.63, 3.8) is 0 Å². The number of fused-ring (bicyclic) bond motifs is 1. The average Bonchev–Trinajstić information content (AvgIpc) is 2.92. The second-order valence-electron chi connectivity index (χ2n) is 5.19. The van der Waals surface area contributed by atoms with Gasteiger partial charge in [-0.2, -0.15) is 0 Å². The predicted molar refractivity (Wildman–Crippen MR) is 95.0 cm³/mol. The van der Waals surface area contributed by atoms with Crippen molar-refractivity contribution in [2.24, 2.45) is 0 Å². The van der Waals surface area contributed by atoms with E-state index in [1.807, 2.05) is 48.5 Å². The van der Waals surface area contributed by atoms with Crippen LogP contribution in [-0.4, -0.2) is 33.2 Å². The molecule has 3 rings (SSSR count). The monoisotopic (exact) mass is 342 g/mol. The van der Waals surface area contributed by atoms with Gasteiger partial charge < -0.3 is 14.2 Å². The number of ether oxygens (including phenoxy) is 3. The number of methoxy groups -OCH3 is 2. The van der Waals surface area contributed by atoms with Crippen LogP contribution in [0.4, 0.5) is 0 Å². The summed E-state index contributed by atoms with van der Waals surface area (Å²) in [4.78, 5) is 14.2. The minimum Gasteiger partial charge on any atom is -0.493 e. The van der Waals surface area contributed by atoms with Gasteiger partial charge in [0.25, 0.3) is 0 Å². The highest BCUT2D eigenvalue weighted by Gasteiger charge is 2.25. The van der Waals surface area contributed by atoms with Gasteiger partial charge in [-0.05, 0) is 35.9 Å². The number of Topliss-reactive ketones (excluding diaryl/α,β-unsaturated/α-hetero) is 1. The molecule has 1 heterocycles. The first-order valence-electron chi connectivity index (χ1n) is 7.56. The van der Waals surface area contributed by atoms with Gasteiger partial charge in [0, 0.05) is 17.6 Å².